The first kappa shape index (κ1) is 13.6. The van der Waals surface area contributed by atoms with Crippen LogP contribution in [0.3, 0.4) is 0 Å². The Balaban J connectivity index is 2.16. The van der Waals surface area contributed by atoms with E-state index < -0.39 is 0 Å². The lowest BCUT2D eigenvalue weighted by Crippen LogP contribution is -2.42. The Bertz CT molecular complexity index is 357. The zero-order valence-electron chi connectivity index (χ0n) is 12.4. The van der Waals surface area contributed by atoms with Crippen LogP contribution in [-0.4, -0.2) is 43.8 Å². The van der Waals surface area contributed by atoms with E-state index in [4.69, 9.17) is 4.99 Å². The summed E-state index contributed by atoms with van der Waals surface area (Å²) in [6.07, 6.45) is 5.86. The van der Waals surface area contributed by atoms with Crippen LogP contribution in [0.2, 0.25) is 0 Å². The molecule has 0 aromatic heterocycles. The Kier molecular flexibility index (Phi) is 4.10. The molecule has 0 radical (unpaired) electrons. The Labute approximate surface area is 111 Å². The van der Waals surface area contributed by atoms with Crippen molar-refractivity contribution in [2.24, 2.45) is 16.8 Å². The molecule has 2 rings (SSSR count). The molecule has 3 heteroatoms. The number of rotatable bonds is 4. The van der Waals surface area contributed by atoms with Crippen LogP contribution in [0.1, 0.15) is 33.1 Å². The summed E-state index contributed by atoms with van der Waals surface area (Å²) >= 11 is 0. The topological polar surface area (TPSA) is 27.6 Å². The summed E-state index contributed by atoms with van der Waals surface area (Å²) in [7, 11) is 6.32. The number of nitrogens with one attached hydrogen (secondary N) is 1. The molecule has 1 N–H and O–H groups in total. The van der Waals surface area contributed by atoms with Gasteiger partial charge in [-0.15, -0.1) is 0 Å². The molecule has 2 fully saturated rings. The second kappa shape index (κ2) is 5.43. The molecule has 2 saturated carbocycles. The van der Waals surface area contributed by atoms with Gasteiger partial charge in [-0.05, 0) is 56.8 Å². The molecular formula is C15H27N3. The summed E-state index contributed by atoms with van der Waals surface area (Å²) < 4.78 is 0. The molecule has 3 unspecified atom stereocenters. The van der Waals surface area contributed by atoms with Gasteiger partial charge in [-0.2, -0.15) is 0 Å². The molecule has 2 aliphatic rings. The average Bonchev–Trinajstić information content (AvgIpc) is 3.08. The van der Waals surface area contributed by atoms with Crippen LogP contribution in [0.25, 0.3) is 0 Å². The summed E-state index contributed by atoms with van der Waals surface area (Å²) in [5.41, 5.74) is 2.89. The van der Waals surface area contributed by atoms with Crippen LogP contribution in [0, 0.1) is 11.8 Å². The van der Waals surface area contributed by atoms with Gasteiger partial charge in [0.2, 0.25) is 0 Å². The summed E-state index contributed by atoms with van der Waals surface area (Å²) in [5, 5.41) is 3.50. The first-order valence-corrected chi connectivity index (χ1v) is 7.14. The van der Waals surface area contributed by atoms with Crippen LogP contribution in [0.15, 0.2) is 16.8 Å². The molecular weight excluding hydrogens is 222 g/mol. The predicted octanol–water partition coefficient (Wildman–Crippen LogP) is 2.30. The first-order chi connectivity index (χ1) is 8.56. The van der Waals surface area contributed by atoms with E-state index in [9.17, 15) is 0 Å². The largest absolute Gasteiger partial charge is 0.384 e. The third-order valence-corrected chi connectivity index (χ3v) is 4.29. The zero-order chi connectivity index (χ0) is 13.3. The third kappa shape index (κ3) is 2.77. The second-order valence-corrected chi connectivity index (χ2v) is 5.98. The summed E-state index contributed by atoms with van der Waals surface area (Å²) in [6.45, 7) is 4.34. The van der Waals surface area contributed by atoms with Gasteiger partial charge >= 0.3 is 0 Å². The van der Waals surface area contributed by atoms with E-state index in [1.807, 2.05) is 0 Å². The molecule has 4 atom stereocenters. The normalized spacial score (nSPS) is 37.6. The second-order valence-electron chi connectivity index (χ2n) is 5.98. The highest BCUT2D eigenvalue weighted by atomic mass is 15.0. The van der Waals surface area contributed by atoms with Gasteiger partial charge in [0.1, 0.15) is 0 Å². The summed E-state index contributed by atoms with van der Waals surface area (Å²) in [6, 6.07) is 1.01. The molecule has 3 nitrogen and oxygen atoms in total. The van der Waals surface area contributed by atoms with E-state index in [1.165, 1.54) is 12.1 Å². The lowest BCUT2D eigenvalue weighted by atomic mass is 9.87. The van der Waals surface area contributed by atoms with E-state index in [-0.39, 0.29) is 0 Å². The number of hydrogen-bond acceptors (Lipinski definition) is 3. The van der Waals surface area contributed by atoms with E-state index in [0.717, 1.165) is 24.7 Å². The highest BCUT2D eigenvalue weighted by Gasteiger charge is 2.51. The number of aliphatic imine (C=N–C) groups is 1. The van der Waals surface area contributed by atoms with Gasteiger partial charge in [0.25, 0.3) is 0 Å². The molecule has 0 aliphatic heterocycles. The molecule has 0 spiro atoms. The van der Waals surface area contributed by atoms with Crippen molar-refractivity contribution >= 4 is 5.71 Å². The molecule has 2 aliphatic carbocycles. The van der Waals surface area contributed by atoms with E-state index >= 15 is 0 Å². The highest BCUT2D eigenvalue weighted by Crippen LogP contribution is 2.53. The van der Waals surface area contributed by atoms with Gasteiger partial charge in [0, 0.05) is 25.8 Å². The number of nitrogens with zero attached hydrogens (tertiary/aromatic N) is 2. The SMILES string of the molecule is CCC(C)=NC1C/C(=C\N(C)C)[C@H]2CC2C1NC. The fraction of sp³-hybridized carbons (Fsp3) is 0.800. The van der Waals surface area contributed by atoms with Crippen LogP contribution >= 0.6 is 0 Å². The van der Waals surface area contributed by atoms with E-state index in [1.54, 1.807) is 5.57 Å². The Morgan fingerprint density at radius 1 is 1.50 bits per heavy atom. The van der Waals surface area contributed by atoms with Crippen molar-refractivity contribution in [3.8, 4) is 0 Å². The van der Waals surface area contributed by atoms with Crippen molar-refractivity contribution in [3.63, 3.8) is 0 Å². The average molecular weight is 249 g/mol. The van der Waals surface area contributed by atoms with Crippen LogP contribution in [0.4, 0.5) is 0 Å². The van der Waals surface area contributed by atoms with Crippen molar-refractivity contribution in [1.82, 2.24) is 10.2 Å². The summed E-state index contributed by atoms with van der Waals surface area (Å²) in [4.78, 5) is 7.11. The number of hydrogen-bond donors (Lipinski definition) is 1. The fourth-order valence-electron chi connectivity index (χ4n) is 3.23. The molecule has 102 valence electrons. The zero-order valence-corrected chi connectivity index (χ0v) is 12.4. The quantitative estimate of drug-likeness (QED) is 0.774. The van der Waals surface area contributed by atoms with Gasteiger partial charge < -0.3 is 10.2 Å². The lowest BCUT2D eigenvalue weighted by Gasteiger charge is -2.31. The van der Waals surface area contributed by atoms with Crippen LogP contribution in [-0.2, 0) is 0 Å². The van der Waals surface area contributed by atoms with Crippen molar-refractivity contribution in [1.29, 1.82) is 0 Å². The molecule has 0 heterocycles. The minimum absolute atomic E-state index is 0.435. The molecule has 0 saturated heterocycles. The Morgan fingerprint density at radius 3 is 2.78 bits per heavy atom. The van der Waals surface area contributed by atoms with Gasteiger partial charge in [-0.1, -0.05) is 6.92 Å². The minimum atomic E-state index is 0.435. The summed E-state index contributed by atoms with van der Waals surface area (Å²) in [5.74, 6) is 1.63. The predicted molar refractivity (Wildman–Crippen MR) is 78.0 cm³/mol. The van der Waals surface area contributed by atoms with Gasteiger partial charge in [0.05, 0.1) is 6.04 Å². The standard InChI is InChI=1S/C15H27N3/c1-6-10(2)17-14-7-11(9-18(4)5)12-8-13(12)15(14)16-3/h9,12-16H,6-8H2,1-5H3/b11-9+,17-10?/t12-,13?,14?,15?/m1/s1. The maximum atomic E-state index is 4.94. The molecule has 18 heavy (non-hydrogen) atoms. The molecule has 0 aromatic rings. The van der Waals surface area contributed by atoms with Gasteiger partial charge in [-0.25, -0.2) is 0 Å². The van der Waals surface area contributed by atoms with Crippen molar-refractivity contribution < 1.29 is 0 Å². The van der Waals surface area contributed by atoms with Crippen LogP contribution in [0.5, 0.6) is 0 Å². The maximum Gasteiger partial charge on any atom is 0.0692 e. The Morgan fingerprint density at radius 2 is 2.22 bits per heavy atom. The molecule has 0 bridgehead atoms. The van der Waals surface area contributed by atoms with Crippen LogP contribution < -0.4 is 5.32 Å². The number of fused-ring (bicyclic) bond motifs is 1. The Hall–Kier alpha value is -0.830. The minimum Gasteiger partial charge on any atom is -0.384 e. The van der Waals surface area contributed by atoms with Crippen molar-refractivity contribution in [2.45, 2.75) is 45.2 Å². The monoisotopic (exact) mass is 249 g/mol. The van der Waals surface area contributed by atoms with Gasteiger partial charge in [0.15, 0.2) is 0 Å². The molecule has 0 amide bonds. The van der Waals surface area contributed by atoms with E-state index in [0.29, 0.717) is 12.1 Å². The third-order valence-electron chi connectivity index (χ3n) is 4.29. The smallest absolute Gasteiger partial charge is 0.0692 e. The van der Waals surface area contributed by atoms with E-state index in [2.05, 4.69) is 51.4 Å². The van der Waals surface area contributed by atoms with Gasteiger partial charge in [-0.3, -0.25) is 4.99 Å². The van der Waals surface area contributed by atoms with Crippen molar-refractivity contribution in [2.75, 3.05) is 21.1 Å². The van der Waals surface area contributed by atoms with Crippen molar-refractivity contribution in [3.05, 3.63) is 11.8 Å². The first-order valence-electron chi connectivity index (χ1n) is 7.14. The molecule has 0 aromatic carbocycles. The highest BCUT2D eigenvalue weighted by molar-refractivity contribution is 5.81. The maximum absolute atomic E-state index is 4.94. The fourth-order valence-corrected chi connectivity index (χ4v) is 3.23. The number of likely N-dealkylation sites (N-methyl/N-ethyl adjacent to an activating group) is 1. The lowest BCUT2D eigenvalue weighted by molar-refractivity contribution is 0.366.